The normalized spacial score (nSPS) is 10.8. The second kappa shape index (κ2) is 10.8. The molecule has 5 heteroatoms. The Bertz CT molecular complexity index is 538. The summed E-state index contributed by atoms with van der Waals surface area (Å²) in [7, 11) is 5.59. The van der Waals surface area contributed by atoms with Gasteiger partial charge in [-0.15, -0.1) is 0 Å². The highest BCUT2D eigenvalue weighted by Crippen LogP contribution is 2.36. The van der Waals surface area contributed by atoms with Crippen molar-refractivity contribution in [2.45, 2.75) is 25.7 Å². The molecule has 2 aromatic rings. The van der Waals surface area contributed by atoms with Gasteiger partial charge in [0.2, 0.25) is 0 Å². The summed E-state index contributed by atoms with van der Waals surface area (Å²) in [4.78, 5) is 0. The first-order chi connectivity index (χ1) is 11.3. The van der Waals surface area contributed by atoms with Gasteiger partial charge in [0, 0.05) is 11.5 Å². The summed E-state index contributed by atoms with van der Waals surface area (Å²) in [6.45, 7) is 0. The lowest BCUT2D eigenvalue weighted by Gasteiger charge is -2.05. The molecule has 0 spiro atoms. The van der Waals surface area contributed by atoms with E-state index < -0.39 is 0 Å². The Morgan fingerprint density at radius 2 is 1.09 bits per heavy atom. The van der Waals surface area contributed by atoms with Gasteiger partial charge in [-0.05, 0) is 58.8 Å². The first-order valence-corrected chi connectivity index (χ1v) is 11.5. The van der Waals surface area contributed by atoms with Crippen LogP contribution in [0.15, 0.2) is 48.5 Å². The molecule has 124 valence electrons. The van der Waals surface area contributed by atoms with Crippen LogP contribution in [0.5, 0.6) is 11.5 Å². The molecule has 0 aliphatic heterocycles. The molecule has 0 unspecified atom stereocenters. The molecular weight excluding hydrogens is 344 g/mol. The molecule has 2 aromatic carbocycles. The van der Waals surface area contributed by atoms with Crippen molar-refractivity contribution in [1.29, 1.82) is 0 Å². The standard InChI is InChI=1S/C18H22O2S3/c19-17-11-3-1-7-15(17)9-5-13-21-23-22-14-6-10-16-8-2-4-12-18(16)20/h1-4,7-8,11-12,19-20H,5-6,9-10,13-14H2. The van der Waals surface area contributed by atoms with E-state index in [1.165, 1.54) is 0 Å². The first-order valence-electron chi connectivity index (χ1n) is 7.72. The van der Waals surface area contributed by atoms with Gasteiger partial charge in [0.15, 0.2) is 0 Å². The third-order valence-corrected chi connectivity index (χ3v) is 7.84. The third-order valence-electron chi connectivity index (χ3n) is 3.43. The second-order valence-corrected chi connectivity index (χ2v) is 9.65. The zero-order valence-electron chi connectivity index (χ0n) is 13.0. The van der Waals surface area contributed by atoms with E-state index in [2.05, 4.69) is 0 Å². The molecule has 0 atom stereocenters. The average Bonchev–Trinajstić information content (AvgIpc) is 2.56. The SMILES string of the molecule is Oc1ccccc1CCCSSSCCCc1ccccc1O. The molecule has 0 saturated heterocycles. The van der Waals surface area contributed by atoms with E-state index in [0.29, 0.717) is 11.5 Å². The molecule has 0 aromatic heterocycles. The Labute approximate surface area is 149 Å². The molecule has 0 bridgehead atoms. The van der Waals surface area contributed by atoms with Crippen LogP contribution in [0.25, 0.3) is 0 Å². The van der Waals surface area contributed by atoms with E-state index in [1.54, 1.807) is 12.1 Å². The zero-order chi connectivity index (χ0) is 16.3. The lowest BCUT2D eigenvalue weighted by molar-refractivity contribution is 0.467. The van der Waals surface area contributed by atoms with Crippen LogP contribution >= 0.6 is 31.4 Å². The molecule has 0 heterocycles. The fourth-order valence-corrected chi connectivity index (χ4v) is 6.07. The maximum Gasteiger partial charge on any atom is 0.118 e. The Balaban J connectivity index is 1.47. The number of aryl methyl sites for hydroxylation is 2. The molecule has 0 amide bonds. The summed E-state index contributed by atoms with van der Waals surface area (Å²) in [5.74, 6) is 2.99. The number of rotatable bonds is 10. The minimum absolute atomic E-state index is 0.406. The van der Waals surface area contributed by atoms with Crippen molar-refractivity contribution in [3.05, 3.63) is 59.7 Å². The van der Waals surface area contributed by atoms with Crippen molar-refractivity contribution in [3.8, 4) is 11.5 Å². The van der Waals surface area contributed by atoms with Gasteiger partial charge in [-0.3, -0.25) is 0 Å². The average molecular weight is 367 g/mol. The summed E-state index contributed by atoms with van der Waals surface area (Å²) in [6.07, 6.45) is 4.01. The summed E-state index contributed by atoms with van der Waals surface area (Å²) in [6, 6.07) is 15.1. The molecule has 0 aliphatic rings. The second-order valence-electron chi connectivity index (χ2n) is 5.18. The largest absolute Gasteiger partial charge is 0.508 e. The highest BCUT2D eigenvalue weighted by molar-refractivity contribution is 9.09. The van der Waals surface area contributed by atoms with E-state index >= 15 is 0 Å². The predicted octanol–water partition coefficient (Wildman–Crippen LogP) is 5.69. The van der Waals surface area contributed by atoms with Gasteiger partial charge in [-0.1, -0.05) is 58.0 Å². The fourth-order valence-electron chi connectivity index (χ4n) is 2.19. The monoisotopic (exact) mass is 366 g/mol. The van der Waals surface area contributed by atoms with Crippen molar-refractivity contribution in [2.75, 3.05) is 11.5 Å². The van der Waals surface area contributed by atoms with Crippen LogP contribution in [-0.4, -0.2) is 21.7 Å². The smallest absolute Gasteiger partial charge is 0.118 e. The molecule has 2 rings (SSSR count). The lowest BCUT2D eigenvalue weighted by atomic mass is 10.1. The maximum atomic E-state index is 9.69. The molecule has 0 saturated carbocycles. The molecular formula is C18H22O2S3. The van der Waals surface area contributed by atoms with E-state index in [1.807, 2.05) is 67.8 Å². The highest BCUT2D eigenvalue weighted by Gasteiger charge is 2.01. The van der Waals surface area contributed by atoms with Crippen LogP contribution in [0.4, 0.5) is 0 Å². The molecule has 2 N–H and O–H groups in total. The number of hydrogen-bond donors (Lipinski definition) is 2. The van der Waals surface area contributed by atoms with Gasteiger partial charge in [-0.2, -0.15) is 0 Å². The number of phenols is 2. The lowest BCUT2D eigenvalue weighted by Crippen LogP contribution is -1.88. The van der Waals surface area contributed by atoms with Gasteiger partial charge in [0.05, 0.1) is 0 Å². The van der Waals surface area contributed by atoms with E-state index in [-0.39, 0.29) is 0 Å². The number of aromatic hydroxyl groups is 2. The van der Waals surface area contributed by atoms with E-state index in [4.69, 9.17) is 0 Å². The topological polar surface area (TPSA) is 40.5 Å². The van der Waals surface area contributed by atoms with Crippen LogP contribution in [0, 0.1) is 0 Å². The quantitative estimate of drug-likeness (QED) is 0.417. The van der Waals surface area contributed by atoms with Crippen LogP contribution in [0.2, 0.25) is 0 Å². The minimum Gasteiger partial charge on any atom is -0.508 e. The molecule has 0 aliphatic carbocycles. The van der Waals surface area contributed by atoms with Crippen LogP contribution in [0.1, 0.15) is 24.0 Å². The zero-order valence-corrected chi connectivity index (χ0v) is 15.4. The minimum atomic E-state index is 0.406. The van der Waals surface area contributed by atoms with Crippen molar-refractivity contribution < 1.29 is 10.2 Å². The van der Waals surface area contributed by atoms with Crippen LogP contribution < -0.4 is 0 Å². The summed E-state index contributed by atoms with van der Waals surface area (Å²) < 4.78 is 0. The van der Waals surface area contributed by atoms with Gasteiger partial charge < -0.3 is 10.2 Å². The summed E-state index contributed by atoms with van der Waals surface area (Å²) >= 11 is 0. The number of hydrogen-bond acceptors (Lipinski definition) is 5. The number of benzene rings is 2. The van der Waals surface area contributed by atoms with Crippen molar-refractivity contribution >= 4 is 31.4 Å². The Morgan fingerprint density at radius 3 is 1.52 bits per heavy atom. The highest BCUT2D eigenvalue weighted by atomic mass is 33.5. The fraction of sp³-hybridized carbons (Fsp3) is 0.333. The molecule has 0 radical (unpaired) electrons. The Hall–Kier alpha value is -0.910. The molecule has 23 heavy (non-hydrogen) atoms. The maximum absolute atomic E-state index is 9.69. The predicted molar refractivity (Wildman–Crippen MR) is 105 cm³/mol. The summed E-state index contributed by atoms with van der Waals surface area (Å²) in [5.41, 5.74) is 2.07. The van der Waals surface area contributed by atoms with Crippen molar-refractivity contribution in [3.63, 3.8) is 0 Å². The van der Waals surface area contributed by atoms with Gasteiger partial charge in [0.25, 0.3) is 0 Å². The van der Waals surface area contributed by atoms with Gasteiger partial charge >= 0.3 is 0 Å². The van der Waals surface area contributed by atoms with Crippen LogP contribution in [0.3, 0.4) is 0 Å². The summed E-state index contributed by atoms with van der Waals surface area (Å²) in [5, 5.41) is 19.4. The van der Waals surface area contributed by atoms with E-state index in [9.17, 15) is 10.2 Å². The third kappa shape index (κ3) is 7.02. The molecule has 0 fully saturated rings. The van der Waals surface area contributed by atoms with Crippen molar-refractivity contribution in [1.82, 2.24) is 0 Å². The molecule has 2 nitrogen and oxygen atoms in total. The van der Waals surface area contributed by atoms with Crippen LogP contribution in [-0.2, 0) is 12.8 Å². The number of phenolic OH excluding ortho intramolecular Hbond substituents is 2. The van der Waals surface area contributed by atoms with Gasteiger partial charge in [-0.25, -0.2) is 0 Å². The van der Waals surface area contributed by atoms with E-state index in [0.717, 1.165) is 48.3 Å². The Morgan fingerprint density at radius 1 is 0.652 bits per heavy atom. The first kappa shape index (κ1) is 18.4. The Kier molecular flexibility index (Phi) is 8.64. The number of para-hydroxylation sites is 2. The van der Waals surface area contributed by atoms with Gasteiger partial charge in [0.1, 0.15) is 11.5 Å². The van der Waals surface area contributed by atoms with Crippen molar-refractivity contribution in [2.24, 2.45) is 0 Å².